The number of furan rings is 1. The van der Waals surface area contributed by atoms with Gasteiger partial charge in [0.1, 0.15) is 11.5 Å². The maximum absolute atomic E-state index is 8.63. The quantitative estimate of drug-likeness (QED) is 0.641. The van der Waals surface area contributed by atoms with Crippen molar-refractivity contribution in [2.45, 2.75) is 26.8 Å². The fraction of sp³-hybridized carbons (Fsp3) is 0.500. The van der Waals surface area contributed by atoms with Gasteiger partial charge in [0.25, 0.3) is 0 Å². The van der Waals surface area contributed by atoms with Gasteiger partial charge < -0.3 is 9.62 Å². The molecule has 11 heavy (non-hydrogen) atoms. The van der Waals surface area contributed by atoms with Crippen molar-refractivity contribution in [2.24, 2.45) is 0 Å². The van der Waals surface area contributed by atoms with Crippen LogP contribution in [0.3, 0.4) is 0 Å². The lowest BCUT2D eigenvalue weighted by Crippen LogP contribution is -2.13. The molecule has 0 spiro atoms. The second-order valence-electron chi connectivity index (χ2n) is 2.72. The smallest absolute Gasteiger partial charge is 0.105 e. The predicted octanol–water partition coefficient (Wildman–Crippen LogP) is 1.94. The molecular formula is C8H13NO2. The first-order valence-corrected chi connectivity index (χ1v) is 3.61. The number of rotatable bonds is 2. The lowest BCUT2D eigenvalue weighted by Gasteiger charge is -2.05. The summed E-state index contributed by atoms with van der Waals surface area (Å²) in [6.07, 6.45) is 0. The largest absolute Gasteiger partial charge is 0.466 e. The molecule has 62 valence electrons. The molecule has 0 amide bonds. The van der Waals surface area contributed by atoms with E-state index in [0.717, 1.165) is 17.1 Å². The minimum absolute atomic E-state index is 0.0625. The zero-order valence-corrected chi connectivity index (χ0v) is 7.01. The number of hydroxylamine groups is 1. The summed E-state index contributed by atoms with van der Waals surface area (Å²) in [7, 11) is 0. The molecular weight excluding hydrogens is 142 g/mol. The summed E-state index contributed by atoms with van der Waals surface area (Å²) in [6.45, 7) is 5.65. The van der Waals surface area contributed by atoms with Gasteiger partial charge in [-0.05, 0) is 26.8 Å². The van der Waals surface area contributed by atoms with Crippen LogP contribution in [0.15, 0.2) is 10.5 Å². The van der Waals surface area contributed by atoms with E-state index in [4.69, 9.17) is 9.62 Å². The molecule has 1 rings (SSSR count). The van der Waals surface area contributed by atoms with Gasteiger partial charge in [0.05, 0.1) is 6.04 Å². The molecule has 0 aliphatic carbocycles. The Hall–Kier alpha value is -0.800. The minimum Gasteiger partial charge on any atom is -0.466 e. The summed E-state index contributed by atoms with van der Waals surface area (Å²) >= 11 is 0. The maximum Gasteiger partial charge on any atom is 0.105 e. The fourth-order valence-electron chi connectivity index (χ4n) is 1.15. The van der Waals surface area contributed by atoms with Gasteiger partial charge in [-0.2, -0.15) is 5.48 Å². The summed E-state index contributed by atoms with van der Waals surface area (Å²) in [5.41, 5.74) is 3.18. The van der Waals surface area contributed by atoms with E-state index in [9.17, 15) is 0 Å². The van der Waals surface area contributed by atoms with Gasteiger partial charge in [-0.15, -0.1) is 0 Å². The molecule has 0 aliphatic heterocycles. The average molecular weight is 155 g/mol. The van der Waals surface area contributed by atoms with E-state index in [-0.39, 0.29) is 6.04 Å². The Morgan fingerprint density at radius 3 is 2.55 bits per heavy atom. The number of aryl methyl sites for hydroxylation is 2. The molecule has 0 saturated carbocycles. The lowest BCUT2D eigenvalue weighted by atomic mass is 10.1. The Bertz CT molecular complexity index is 242. The molecule has 0 aromatic carbocycles. The predicted molar refractivity (Wildman–Crippen MR) is 41.5 cm³/mol. The van der Waals surface area contributed by atoms with E-state index in [0.29, 0.717) is 0 Å². The summed E-state index contributed by atoms with van der Waals surface area (Å²) in [4.78, 5) is 0. The molecule has 0 saturated heterocycles. The van der Waals surface area contributed by atoms with Crippen molar-refractivity contribution in [2.75, 3.05) is 0 Å². The number of hydrogen-bond donors (Lipinski definition) is 2. The van der Waals surface area contributed by atoms with Crippen molar-refractivity contribution < 1.29 is 9.62 Å². The third-order valence-corrected chi connectivity index (χ3v) is 1.74. The van der Waals surface area contributed by atoms with Crippen LogP contribution in [0.2, 0.25) is 0 Å². The first kappa shape index (κ1) is 8.30. The van der Waals surface area contributed by atoms with Crippen LogP contribution in [0.5, 0.6) is 0 Å². The SMILES string of the molecule is Cc1cc(C(C)NO)c(C)o1. The van der Waals surface area contributed by atoms with Gasteiger partial charge in [0.2, 0.25) is 0 Å². The molecule has 0 radical (unpaired) electrons. The monoisotopic (exact) mass is 155 g/mol. The van der Waals surface area contributed by atoms with Gasteiger partial charge in [0, 0.05) is 5.56 Å². The van der Waals surface area contributed by atoms with Crippen LogP contribution in [-0.4, -0.2) is 5.21 Å². The fourth-order valence-corrected chi connectivity index (χ4v) is 1.15. The van der Waals surface area contributed by atoms with Gasteiger partial charge in [-0.25, -0.2) is 0 Å². The van der Waals surface area contributed by atoms with Crippen LogP contribution in [0.1, 0.15) is 30.0 Å². The average Bonchev–Trinajstić information content (AvgIpc) is 2.28. The first-order chi connectivity index (χ1) is 5.15. The summed E-state index contributed by atoms with van der Waals surface area (Å²) in [6, 6.07) is 1.86. The molecule has 1 aromatic rings. The Morgan fingerprint density at radius 1 is 1.55 bits per heavy atom. The third kappa shape index (κ3) is 1.61. The highest BCUT2D eigenvalue weighted by Gasteiger charge is 2.10. The number of nitrogens with one attached hydrogen (secondary N) is 1. The number of hydrogen-bond acceptors (Lipinski definition) is 3. The van der Waals surface area contributed by atoms with Crippen molar-refractivity contribution in [1.29, 1.82) is 0 Å². The molecule has 0 bridgehead atoms. The Labute approximate surface area is 66.0 Å². The molecule has 1 heterocycles. The van der Waals surface area contributed by atoms with Crippen LogP contribution < -0.4 is 5.48 Å². The van der Waals surface area contributed by atoms with Crippen molar-refractivity contribution in [3.8, 4) is 0 Å². The van der Waals surface area contributed by atoms with Crippen molar-refractivity contribution in [3.63, 3.8) is 0 Å². The molecule has 1 atom stereocenters. The topological polar surface area (TPSA) is 45.4 Å². The Kier molecular flexibility index (Phi) is 2.31. The molecule has 1 aromatic heterocycles. The highest BCUT2D eigenvalue weighted by molar-refractivity contribution is 5.22. The molecule has 1 unspecified atom stereocenters. The normalized spacial score (nSPS) is 13.5. The van der Waals surface area contributed by atoms with E-state index >= 15 is 0 Å². The van der Waals surface area contributed by atoms with Gasteiger partial charge >= 0.3 is 0 Å². The van der Waals surface area contributed by atoms with Gasteiger partial charge in [0.15, 0.2) is 0 Å². The van der Waals surface area contributed by atoms with Crippen LogP contribution in [0.4, 0.5) is 0 Å². The minimum atomic E-state index is -0.0625. The zero-order chi connectivity index (χ0) is 8.43. The van der Waals surface area contributed by atoms with Crippen LogP contribution >= 0.6 is 0 Å². The summed E-state index contributed by atoms with van der Waals surface area (Å²) in [5, 5.41) is 8.63. The van der Waals surface area contributed by atoms with Gasteiger partial charge in [-0.3, -0.25) is 0 Å². The second kappa shape index (κ2) is 3.07. The second-order valence-corrected chi connectivity index (χ2v) is 2.72. The highest BCUT2D eigenvalue weighted by Crippen LogP contribution is 2.20. The van der Waals surface area contributed by atoms with Crippen molar-refractivity contribution in [3.05, 3.63) is 23.2 Å². The third-order valence-electron chi connectivity index (χ3n) is 1.74. The van der Waals surface area contributed by atoms with Crippen LogP contribution in [0, 0.1) is 13.8 Å². The van der Waals surface area contributed by atoms with E-state index in [1.807, 2.05) is 26.8 Å². The van der Waals surface area contributed by atoms with Gasteiger partial charge in [-0.1, -0.05) is 0 Å². The highest BCUT2D eigenvalue weighted by atomic mass is 16.5. The molecule has 2 N–H and O–H groups in total. The summed E-state index contributed by atoms with van der Waals surface area (Å²) < 4.78 is 5.29. The first-order valence-electron chi connectivity index (χ1n) is 3.61. The van der Waals surface area contributed by atoms with E-state index in [1.165, 1.54) is 0 Å². The van der Waals surface area contributed by atoms with E-state index in [1.54, 1.807) is 0 Å². The lowest BCUT2D eigenvalue weighted by molar-refractivity contribution is 0.132. The van der Waals surface area contributed by atoms with E-state index < -0.39 is 0 Å². The Balaban J connectivity index is 2.93. The molecule has 0 aliphatic rings. The standard InChI is InChI=1S/C8H13NO2/c1-5-4-8(6(2)9-10)7(3)11-5/h4,6,9-10H,1-3H3. The zero-order valence-electron chi connectivity index (χ0n) is 7.01. The molecule has 3 nitrogen and oxygen atoms in total. The molecule has 0 fully saturated rings. The Morgan fingerprint density at radius 2 is 2.18 bits per heavy atom. The molecule has 3 heteroatoms. The van der Waals surface area contributed by atoms with E-state index in [2.05, 4.69) is 5.48 Å². The maximum atomic E-state index is 8.63. The van der Waals surface area contributed by atoms with Crippen molar-refractivity contribution >= 4 is 0 Å². The summed E-state index contributed by atoms with van der Waals surface area (Å²) in [5.74, 6) is 1.73. The van der Waals surface area contributed by atoms with Crippen LogP contribution in [0.25, 0.3) is 0 Å². The van der Waals surface area contributed by atoms with Crippen LogP contribution in [-0.2, 0) is 0 Å². The van der Waals surface area contributed by atoms with Crippen molar-refractivity contribution in [1.82, 2.24) is 5.48 Å².